The Hall–Kier alpha value is -1.90. The van der Waals surface area contributed by atoms with Crippen molar-refractivity contribution in [3.8, 4) is 17.6 Å². The highest BCUT2D eigenvalue weighted by Crippen LogP contribution is 2.36. The molecule has 1 aromatic carbocycles. The first-order valence-corrected chi connectivity index (χ1v) is 6.64. The van der Waals surface area contributed by atoms with E-state index in [0.717, 1.165) is 0 Å². The first-order chi connectivity index (χ1) is 9.88. The Kier molecular flexibility index (Phi) is 6.35. The first kappa shape index (κ1) is 17.2. The lowest BCUT2D eigenvalue weighted by molar-refractivity contribution is -0.137. The van der Waals surface area contributed by atoms with E-state index >= 15 is 0 Å². The predicted octanol–water partition coefficient (Wildman–Crippen LogP) is 3.31. The average Bonchev–Trinajstić information content (AvgIpc) is 2.40. The monoisotopic (exact) mass is 330 g/mol. The van der Waals surface area contributed by atoms with Crippen molar-refractivity contribution in [2.75, 3.05) is 7.11 Å². The van der Waals surface area contributed by atoms with Crippen LogP contribution >= 0.6 is 23.2 Å². The number of hydrogen-bond acceptors (Lipinski definition) is 3. The molecule has 0 aliphatic heterocycles. The number of unbranched alkanes of at least 4 members (excludes halogenated alkanes) is 1. The molecule has 5 nitrogen and oxygen atoms in total. The minimum Gasteiger partial charge on any atom is -0.494 e. The molecule has 0 saturated carbocycles. The number of hydrogen-bond donors (Lipinski definition) is 2. The number of carbonyl (C=O) groups is 2. The lowest BCUT2D eigenvalue weighted by Gasteiger charge is -2.10. The molecule has 0 spiro atoms. The van der Waals surface area contributed by atoms with Crippen LogP contribution in [0.5, 0.6) is 5.75 Å². The third-order valence-electron chi connectivity index (χ3n) is 2.50. The molecule has 21 heavy (non-hydrogen) atoms. The Labute approximate surface area is 131 Å². The van der Waals surface area contributed by atoms with Gasteiger partial charge in [0, 0.05) is 18.4 Å². The fourth-order valence-electron chi connectivity index (χ4n) is 1.58. The zero-order chi connectivity index (χ0) is 16.0. The van der Waals surface area contributed by atoms with E-state index in [4.69, 9.17) is 38.2 Å². The lowest BCUT2D eigenvalue weighted by atomic mass is 10.1. The van der Waals surface area contributed by atoms with Crippen LogP contribution in [-0.2, 0) is 4.79 Å². The SMILES string of the molecule is COc1c(Cl)cc(C#CCCCC(=O)O)c(Cl)c1C(=O)O. The summed E-state index contributed by atoms with van der Waals surface area (Å²) >= 11 is 11.9. The number of aliphatic carboxylic acids is 1. The third kappa shape index (κ3) is 4.55. The number of carboxylic acid groups (broad SMARTS) is 2. The van der Waals surface area contributed by atoms with E-state index in [1.807, 2.05) is 0 Å². The Morgan fingerprint density at radius 2 is 2.00 bits per heavy atom. The molecule has 0 heterocycles. The van der Waals surface area contributed by atoms with Gasteiger partial charge < -0.3 is 14.9 Å². The summed E-state index contributed by atoms with van der Waals surface area (Å²) in [6.45, 7) is 0. The maximum absolute atomic E-state index is 11.2. The molecule has 0 radical (unpaired) electrons. The number of halogens is 2. The van der Waals surface area contributed by atoms with Gasteiger partial charge in [0.1, 0.15) is 5.56 Å². The van der Waals surface area contributed by atoms with Gasteiger partial charge in [-0.2, -0.15) is 0 Å². The number of aromatic carboxylic acids is 1. The second-order valence-corrected chi connectivity index (χ2v) is 4.77. The van der Waals surface area contributed by atoms with Crippen molar-refractivity contribution in [2.45, 2.75) is 19.3 Å². The topological polar surface area (TPSA) is 83.8 Å². The fourth-order valence-corrected chi connectivity index (χ4v) is 2.13. The number of ether oxygens (including phenoxy) is 1. The molecule has 0 atom stereocenters. The summed E-state index contributed by atoms with van der Waals surface area (Å²) in [7, 11) is 1.29. The van der Waals surface area contributed by atoms with Gasteiger partial charge in [0.2, 0.25) is 0 Å². The van der Waals surface area contributed by atoms with Crippen molar-refractivity contribution < 1.29 is 24.5 Å². The second-order valence-electron chi connectivity index (χ2n) is 3.98. The molecule has 0 saturated heterocycles. The van der Waals surface area contributed by atoms with Crippen molar-refractivity contribution in [3.05, 3.63) is 27.2 Å². The van der Waals surface area contributed by atoms with Crippen molar-refractivity contribution >= 4 is 35.1 Å². The standard InChI is InChI=1S/C14H12Cl2O5/c1-21-13-9(15)7-8(12(16)11(13)14(19)20)5-3-2-4-6-10(17)18/h7H,2,4,6H2,1H3,(H,17,18)(H,19,20). The number of benzene rings is 1. The molecule has 0 aliphatic carbocycles. The Balaban J connectivity index is 3.07. The van der Waals surface area contributed by atoms with Gasteiger partial charge in [0.15, 0.2) is 5.75 Å². The fraction of sp³-hybridized carbons (Fsp3) is 0.286. The average molecular weight is 331 g/mol. The van der Waals surface area contributed by atoms with Gasteiger partial charge in [-0.1, -0.05) is 35.0 Å². The molecule has 2 N–H and O–H groups in total. The van der Waals surface area contributed by atoms with E-state index in [-0.39, 0.29) is 33.3 Å². The third-order valence-corrected chi connectivity index (χ3v) is 3.18. The molecule has 0 aromatic heterocycles. The predicted molar refractivity (Wildman–Crippen MR) is 78.3 cm³/mol. The Morgan fingerprint density at radius 3 is 2.52 bits per heavy atom. The van der Waals surface area contributed by atoms with Crippen LogP contribution in [0.15, 0.2) is 6.07 Å². The number of rotatable bonds is 5. The van der Waals surface area contributed by atoms with Crippen molar-refractivity contribution in [2.24, 2.45) is 0 Å². The first-order valence-electron chi connectivity index (χ1n) is 5.88. The normalized spacial score (nSPS) is 9.67. The van der Waals surface area contributed by atoms with Crippen LogP contribution in [0.2, 0.25) is 10.0 Å². The molecule has 0 bridgehead atoms. The highest BCUT2D eigenvalue weighted by Gasteiger charge is 2.21. The molecule has 0 unspecified atom stereocenters. The van der Waals surface area contributed by atoms with Crippen molar-refractivity contribution in [1.82, 2.24) is 0 Å². The molecule has 112 valence electrons. The van der Waals surface area contributed by atoms with E-state index in [1.54, 1.807) is 0 Å². The van der Waals surface area contributed by atoms with E-state index in [0.29, 0.717) is 12.8 Å². The van der Waals surface area contributed by atoms with Gasteiger partial charge in [-0.3, -0.25) is 4.79 Å². The molecule has 1 aromatic rings. The largest absolute Gasteiger partial charge is 0.494 e. The molecule has 0 aliphatic rings. The maximum atomic E-state index is 11.2. The minimum atomic E-state index is -1.27. The summed E-state index contributed by atoms with van der Waals surface area (Å²) < 4.78 is 4.93. The van der Waals surface area contributed by atoms with Gasteiger partial charge >= 0.3 is 11.9 Å². The summed E-state index contributed by atoms with van der Waals surface area (Å²) in [5.74, 6) is 3.25. The summed E-state index contributed by atoms with van der Waals surface area (Å²) in [5, 5.41) is 17.7. The van der Waals surface area contributed by atoms with Crippen LogP contribution in [0.25, 0.3) is 0 Å². The van der Waals surface area contributed by atoms with Gasteiger partial charge in [0.05, 0.1) is 17.2 Å². The quantitative estimate of drug-likeness (QED) is 0.639. The number of carboxylic acids is 2. The molecular formula is C14H12Cl2O5. The van der Waals surface area contributed by atoms with E-state index in [9.17, 15) is 9.59 Å². The van der Waals surface area contributed by atoms with Crippen LogP contribution < -0.4 is 4.74 Å². The molecule has 7 heteroatoms. The van der Waals surface area contributed by atoms with Crippen LogP contribution in [0.1, 0.15) is 35.2 Å². The number of methoxy groups -OCH3 is 1. The minimum absolute atomic E-state index is 0.0200. The Bertz CT molecular complexity index is 628. The Morgan fingerprint density at radius 1 is 1.33 bits per heavy atom. The van der Waals surface area contributed by atoms with E-state index in [1.165, 1.54) is 13.2 Å². The highest BCUT2D eigenvalue weighted by molar-refractivity contribution is 6.38. The molecular weight excluding hydrogens is 319 g/mol. The van der Waals surface area contributed by atoms with Gasteiger partial charge in [-0.05, 0) is 12.5 Å². The van der Waals surface area contributed by atoms with Crippen molar-refractivity contribution in [3.63, 3.8) is 0 Å². The van der Waals surface area contributed by atoms with E-state index < -0.39 is 11.9 Å². The maximum Gasteiger partial charge on any atom is 0.341 e. The second kappa shape index (κ2) is 7.77. The van der Waals surface area contributed by atoms with Crippen LogP contribution in [0.3, 0.4) is 0 Å². The van der Waals surface area contributed by atoms with E-state index in [2.05, 4.69) is 11.8 Å². The summed E-state index contributed by atoms with van der Waals surface area (Å²) in [5.41, 5.74) is 0.0108. The van der Waals surface area contributed by atoms with Crippen molar-refractivity contribution in [1.29, 1.82) is 0 Å². The highest BCUT2D eigenvalue weighted by atomic mass is 35.5. The smallest absolute Gasteiger partial charge is 0.341 e. The molecule has 0 fully saturated rings. The zero-order valence-corrected chi connectivity index (χ0v) is 12.6. The zero-order valence-electron chi connectivity index (χ0n) is 11.1. The molecule has 1 rings (SSSR count). The van der Waals surface area contributed by atoms with Crippen LogP contribution in [-0.4, -0.2) is 29.3 Å². The lowest BCUT2D eigenvalue weighted by Crippen LogP contribution is -2.03. The van der Waals surface area contributed by atoms with Gasteiger partial charge in [-0.25, -0.2) is 4.79 Å². The van der Waals surface area contributed by atoms with Gasteiger partial charge in [-0.15, -0.1) is 0 Å². The van der Waals surface area contributed by atoms with Gasteiger partial charge in [0.25, 0.3) is 0 Å². The summed E-state index contributed by atoms with van der Waals surface area (Å²) in [6, 6.07) is 1.42. The molecule has 0 amide bonds. The summed E-state index contributed by atoms with van der Waals surface area (Å²) in [6.07, 6.45) is 0.774. The van der Waals surface area contributed by atoms with Crippen LogP contribution in [0.4, 0.5) is 0 Å². The summed E-state index contributed by atoms with van der Waals surface area (Å²) in [4.78, 5) is 21.6. The van der Waals surface area contributed by atoms with Crippen LogP contribution in [0, 0.1) is 11.8 Å².